The van der Waals surface area contributed by atoms with Crippen molar-refractivity contribution in [1.29, 1.82) is 0 Å². The number of anilines is 1. The maximum Gasteiger partial charge on any atom is 0.131 e. The molecule has 3 aromatic rings. The van der Waals surface area contributed by atoms with Crippen LogP contribution in [0.2, 0.25) is 5.15 Å². The van der Waals surface area contributed by atoms with Gasteiger partial charge in [0.1, 0.15) is 10.9 Å². The van der Waals surface area contributed by atoms with E-state index in [0.29, 0.717) is 17.6 Å². The fourth-order valence-electron chi connectivity index (χ4n) is 3.31. The summed E-state index contributed by atoms with van der Waals surface area (Å²) >= 11 is 8.13. The molecule has 0 amide bonds. The average molecular weight is 419 g/mol. The van der Waals surface area contributed by atoms with Gasteiger partial charge in [-0.2, -0.15) is 0 Å². The van der Waals surface area contributed by atoms with Crippen LogP contribution in [0.1, 0.15) is 69.1 Å². The minimum Gasteiger partial charge on any atom is -0.467 e. The summed E-state index contributed by atoms with van der Waals surface area (Å²) < 4.78 is 6.59. The van der Waals surface area contributed by atoms with Crippen LogP contribution >= 0.6 is 22.9 Å². The van der Waals surface area contributed by atoms with Gasteiger partial charge in [0.15, 0.2) is 0 Å². The van der Waals surface area contributed by atoms with Crippen LogP contribution < -0.4 is 5.32 Å². The van der Waals surface area contributed by atoms with E-state index in [1.807, 2.05) is 57.2 Å². The molecule has 5 heteroatoms. The molecule has 28 heavy (non-hydrogen) atoms. The summed E-state index contributed by atoms with van der Waals surface area (Å²) in [6.07, 6.45) is 9.77. The summed E-state index contributed by atoms with van der Waals surface area (Å²) in [5, 5.41) is 3.98. The zero-order valence-corrected chi connectivity index (χ0v) is 19.1. The Morgan fingerprint density at radius 3 is 2.68 bits per heavy atom. The van der Waals surface area contributed by atoms with Gasteiger partial charge in [-0.25, -0.2) is 4.98 Å². The first-order valence-corrected chi connectivity index (χ1v) is 11.4. The molecule has 152 valence electrons. The van der Waals surface area contributed by atoms with Gasteiger partial charge in [-0.3, -0.25) is 0 Å². The Kier molecular flexibility index (Phi) is 9.07. The van der Waals surface area contributed by atoms with Crippen molar-refractivity contribution >= 4 is 38.8 Å². The third kappa shape index (κ3) is 5.18. The summed E-state index contributed by atoms with van der Waals surface area (Å²) in [4.78, 5) is 6.04. The lowest BCUT2D eigenvalue weighted by Gasteiger charge is -2.16. The van der Waals surface area contributed by atoms with Crippen molar-refractivity contribution in [2.75, 3.05) is 5.32 Å². The Morgan fingerprint density at radius 1 is 1.25 bits per heavy atom. The predicted molar refractivity (Wildman–Crippen MR) is 124 cm³/mol. The van der Waals surface area contributed by atoms with E-state index in [-0.39, 0.29) is 0 Å². The summed E-state index contributed by atoms with van der Waals surface area (Å²) in [5.74, 6) is 1.51. The van der Waals surface area contributed by atoms with E-state index in [4.69, 9.17) is 16.0 Å². The number of nitrogens with zero attached hydrogens (tertiary/aromatic N) is 1. The Morgan fingerprint density at radius 2 is 2.04 bits per heavy atom. The van der Waals surface area contributed by atoms with Gasteiger partial charge in [-0.1, -0.05) is 51.4 Å². The lowest BCUT2D eigenvalue weighted by molar-refractivity contribution is 0.518. The lowest BCUT2D eigenvalue weighted by atomic mass is 9.91. The maximum atomic E-state index is 6.27. The molecule has 0 radical (unpaired) electrons. The minimum absolute atomic E-state index is 0.528. The number of pyridine rings is 1. The monoisotopic (exact) mass is 418 g/mol. The summed E-state index contributed by atoms with van der Waals surface area (Å²) in [7, 11) is 0. The Balaban J connectivity index is 0.000000660. The van der Waals surface area contributed by atoms with Crippen molar-refractivity contribution in [2.45, 2.75) is 66.3 Å². The highest BCUT2D eigenvalue weighted by molar-refractivity contribution is 7.20. The fourth-order valence-corrected chi connectivity index (χ4v) is 4.89. The standard InChI is InChI=1S/C19H19ClN2OS.2C2H6/c1-12-17-19(24-18(12)13-6-3-2-4-7-13)15(10-16(20)22-17)21-11-14-8-5-9-23-14;2*1-2/h2-3,5,8-10,13H,4,6-7,11H2,1H3,(H,21,22);2*1-2H3. The number of allylic oxidation sites excluding steroid dienone is 2. The zero-order valence-electron chi connectivity index (χ0n) is 17.5. The van der Waals surface area contributed by atoms with Crippen LogP contribution in [0.25, 0.3) is 10.2 Å². The van der Waals surface area contributed by atoms with Gasteiger partial charge in [-0.15, -0.1) is 11.3 Å². The molecular weight excluding hydrogens is 388 g/mol. The number of aromatic nitrogens is 1. The molecule has 1 atom stereocenters. The van der Waals surface area contributed by atoms with Crippen molar-refractivity contribution in [3.63, 3.8) is 0 Å². The van der Waals surface area contributed by atoms with Gasteiger partial charge in [0.2, 0.25) is 0 Å². The van der Waals surface area contributed by atoms with E-state index in [9.17, 15) is 0 Å². The second-order valence-corrected chi connectivity index (χ2v) is 7.62. The fraction of sp³-hybridized carbons (Fsp3) is 0.435. The smallest absolute Gasteiger partial charge is 0.131 e. The molecule has 0 fully saturated rings. The van der Waals surface area contributed by atoms with E-state index < -0.39 is 0 Å². The number of fused-ring (bicyclic) bond motifs is 1. The van der Waals surface area contributed by atoms with Crippen LogP contribution in [0.5, 0.6) is 0 Å². The number of aryl methyl sites for hydroxylation is 1. The number of nitrogens with one attached hydrogen (secondary N) is 1. The van der Waals surface area contributed by atoms with Crippen molar-refractivity contribution < 1.29 is 4.42 Å². The second-order valence-electron chi connectivity index (χ2n) is 6.18. The SMILES string of the molecule is CC.CC.Cc1c(C2CC=CCC2)sc2c(NCc3ccco3)cc(Cl)nc12. The van der Waals surface area contributed by atoms with Crippen LogP contribution in [-0.2, 0) is 6.54 Å². The van der Waals surface area contributed by atoms with E-state index in [1.54, 1.807) is 6.26 Å². The van der Waals surface area contributed by atoms with E-state index in [1.165, 1.54) is 21.6 Å². The number of thiophene rings is 1. The van der Waals surface area contributed by atoms with Gasteiger partial charge in [-0.05, 0) is 49.8 Å². The third-order valence-electron chi connectivity index (χ3n) is 4.55. The van der Waals surface area contributed by atoms with Crippen LogP contribution in [0, 0.1) is 6.92 Å². The number of halogens is 1. The minimum atomic E-state index is 0.528. The van der Waals surface area contributed by atoms with Gasteiger partial charge < -0.3 is 9.73 Å². The molecule has 0 spiro atoms. The molecule has 1 unspecified atom stereocenters. The second kappa shape index (κ2) is 11.3. The van der Waals surface area contributed by atoms with Crippen molar-refractivity contribution in [3.8, 4) is 0 Å². The van der Waals surface area contributed by atoms with Crippen molar-refractivity contribution in [3.05, 3.63) is 58.0 Å². The van der Waals surface area contributed by atoms with Crippen molar-refractivity contribution in [1.82, 2.24) is 4.98 Å². The maximum absolute atomic E-state index is 6.27. The molecule has 1 N–H and O–H groups in total. The van der Waals surface area contributed by atoms with Crippen LogP contribution in [-0.4, -0.2) is 4.98 Å². The molecule has 1 aliphatic carbocycles. The first kappa shape index (κ1) is 22.5. The molecule has 0 saturated heterocycles. The number of rotatable bonds is 4. The average Bonchev–Trinajstić information content (AvgIpc) is 3.38. The van der Waals surface area contributed by atoms with E-state index in [2.05, 4.69) is 29.4 Å². The lowest BCUT2D eigenvalue weighted by Crippen LogP contribution is -2.00. The van der Waals surface area contributed by atoms with Crippen LogP contribution in [0.4, 0.5) is 5.69 Å². The van der Waals surface area contributed by atoms with E-state index >= 15 is 0 Å². The number of hydrogen-bond acceptors (Lipinski definition) is 4. The van der Waals surface area contributed by atoms with Crippen LogP contribution in [0.3, 0.4) is 0 Å². The molecule has 4 rings (SSSR count). The zero-order chi connectivity index (χ0) is 20.5. The first-order valence-electron chi connectivity index (χ1n) is 10.2. The molecule has 3 nitrogen and oxygen atoms in total. The van der Waals surface area contributed by atoms with Gasteiger partial charge in [0, 0.05) is 10.9 Å². The number of hydrogen-bond donors (Lipinski definition) is 1. The normalized spacial score (nSPS) is 15.4. The Hall–Kier alpha value is -1.78. The molecule has 0 bridgehead atoms. The molecule has 0 aliphatic heterocycles. The largest absolute Gasteiger partial charge is 0.467 e. The highest BCUT2D eigenvalue weighted by atomic mass is 35.5. The van der Waals surface area contributed by atoms with Crippen LogP contribution in [0.15, 0.2) is 41.0 Å². The summed E-state index contributed by atoms with van der Waals surface area (Å²) in [5.41, 5.74) is 3.34. The molecule has 0 aromatic carbocycles. The molecule has 3 aromatic heterocycles. The first-order chi connectivity index (χ1) is 13.7. The predicted octanol–water partition coefficient (Wildman–Crippen LogP) is 8.34. The Bertz CT molecular complexity index is 884. The van der Waals surface area contributed by atoms with Gasteiger partial charge in [0.05, 0.1) is 28.7 Å². The third-order valence-corrected chi connectivity index (χ3v) is 6.22. The molecular formula is C23H31ClN2OS. The van der Waals surface area contributed by atoms with Gasteiger partial charge in [0.25, 0.3) is 0 Å². The quantitative estimate of drug-likeness (QED) is 0.341. The topological polar surface area (TPSA) is 38.1 Å². The van der Waals surface area contributed by atoms with Crippen molar-refractivity contribution in [2.24, 2.45) is 0 Å². The highest BCUT2D eigenvalue weighted by Gasteiger charge is 2.21. The summed E-state index contributed by atoms with van der Waals surface area (Å²) in [6, 6.07) is 5.77. The summed E-state index contributed by atoms with van der Waals surface area (Å²) in [6.45, 7) is 10.8. The molecule has 0 saturated carbocycles. The molecule has 3 heterocycles. The highest BCUT2D eigenvalue weighted by Crippen LogP contribution is 2.43. The Labute approximate surface area is 177 Å². The van der Waals surface area contributed by atoms with E-state index in [0.717, 1.165) is 29.8 Å². The van der Waals surface area contributed by atoms with Gasteiger partial charge >= 0.3 is 0 Å². The number of furan rings is 1. The molecule has 1 aliphatic rings.